The molecule has 2 aromatic carbocycles. The molecule has 0 bridgehead atoms. The summed E-state index contributed by atoms with van der Waals surface area (Å²) in [7, 11) is 0. The molecule has 0 radical (unpaired) electrons. The molecule has 1 aromatic heterocycles. The van der Waals surface area contributed by atoms with Gasteiger partial charge in [-0.25, -0.2) is 9.37 Å². The number of likely N-dealkylation sites (N-methyl/N-ethyl adjacent to an activating group) is 1. The van der Waals surface area contributed by atoms with E-state index in [1.54, 1.807) is 11.0 Å². The van der Waals surface area contributed by atoms with E-state index in [2.05, 4.69) is 23.7 Å². The summed E-state index contributed by atoms with van der Waals surface area (Å²) >= 11 is 1.37. The van der Waals surface area contributed by atoms with Crippen molar-refractivity contribution in [3.05, 3.63) is 59.9 Å². The minimum absolute atomic E-state index is 0. The van der Waals surface area contributed by atoms with Crippen LogP contribution in [0, 0.1) is 5.82 Å². The maximum atomic E-state index is 14.1. The highest BCUT2D eigenvalue weighted by atomic mass is 35.5. The lowest BCUT2D eigenvalue weighted by atomic mass is 10.1. The maximum Gasteiger partial charge on any atom is 0.229 e. The molecule has 0 unspecified atom stereocenters. The number of para-hydroxylation sites is 1. The number of carbonyl (C=O) groups is 1. The Morgan fingerprint density at radius 2 is 1.76 bits per heavy atom. The molecule has 1 amide bonds. The van der Waals surface area contributed by atoms with Crippen molar-refractivity contribution < 1.29 is 9.18 Å². The zero-order valence-corrected chi connectivity index (χ0v) is 18.4. The van der Waals surface area contributed by atoms with Crippen LogP contribution in [-0.4, -0.2) is 42.0 Å². The van der Waals surface area contributed by atoms with Gasteiger partial charge in [0.1, 0.15) is 11.3 Å². The quantitative estimate of drug-likeness (QED) is 0.465. The molecule has 0 spiro atoms. The van der Waals surface area contributed by atoms with Gasteiger partial charge in [0.25, 0.3) is 0 Å². The molecule has 156 valence electrons. The average Bonchev–Trinajstić information content (AvgIpc) is 3.15. The molecule has 29 heavy (non-hydrogen) atoms. The van der Waals surface area contributed by atoms with E-state index in [1.807, 2.05) is 36.4 Å². The van der Waals surface area contributed by atoms with Crippen LogP contribution in [0.25, 0.3) is 10.2 Å². The molecule has 1 heterocycles. The number of hydrogen-bond donors (Lipinski definition) is 0. The molecule has 0 aliphatic carbocycles. The van der Waals surface area contributed by atoms with Crippen LogP contribution >= 0.6 is 23.7 Å². The van der Waals surface area contributed by atoms with Crippen molar-refractivity contribution in [3.8, 4) is 0 Å². The number of halogens is 2. The lowest BCUT2D eigenvalue weighted by Gasteiger charge is -2.24. The SMILES string of the molecule is CCN(CC)CCN(C(=O)CCc1ccccc1)c1nc2c(F)cccc2s1.Cl. The summed E-state index contributed by atoms with van der Waals surface area (Å²) in [5.74, 6) is -0.323. The summed E-state index contributed by atoms with van der Waals surface area (Å²) in [4.78, 5) is 21.5. The number of benzene rings is 2. The lowest BCUT2D eigenvalue weighted by molar-refractivity contribution is -0.118. The van der Waals surface area contributed by atoms with Gasteiger partial charge in [-0.3, -0.25) is 9.69 Å². The van der Waals surface area contributed by atoms with E-state index in [0.29, 0.717) is 30.0 Å². The highest BCUT2D eigenvalue weighted by molar-refractivity contribution is 7.22. The Morgan fingerprint density at radius 3 is 2.41 bits per heavy atom. The molecule has 4 nitrogen and oxygen atoms in total. The summed E-state index contributed by atoms with van der Waals surface area (Å²) in [6, 6.07) is 14.9. The van der Waals surface area contributed by atoms with E-state index < -0.39 is 0 Å². The molecule has 3 aromatic rings. The van der Waals surface area contributed by atoms with Crippen molar-refractivity contribution in [2.24, 2.45) is 0 Å². The first-order chi connectivity index (χ1) is 13.6. The van der Waals surface area contributed by atoms with E-state index in [1.165, 1.54) is 17.4 Å². The van der Waals surface area contributed by atoms with Gasteiger partial charge in [0.15, 0.2) is 5.13 Å². The van der Waals surface area contributed by atoms with Crippen LogP contribution in [0.4, 0.5) is 9.52 Å². The lowest BCUT2D eigenvalue weighted by Crippen LogP contribution is -2.39. The van der Waals surface area contributed by atoms with Crippen LogP contribution < -0.4 is 4.90 Å². The number of rotatable bonds is 9. The van der Waals surface area contributed by atoms with Gasteiger partial charge in [0.05, 0.1) is 4.70 Å². The molecule has 0 N–H and O–H groups in total. The first kappa shape index (κ1) is 23.3. The van der Waals surface area contributed by atoms with Crippen molar-refractivity contribution in [1.82, 2.24) is 9.88 Å². The van der Waals surface area contributed by atoms with Crippen LogP contribution in [-0.2, 0) is 11.2 Å². The zero-order chi connectivity index (χ0) is 19.9. The third kappa shape index (κ3) is 5.98. The predicted octanol–water partition coefficient (Wildman–Crippen LogP) is 5.16. The number of hydrogen-bond acceptors (Lipinski definition) is 4. The monoisotopic (exact) mass is 435 g/mol. The highest BCUT2D eigenvalue weighted by Crippen LogP contribution is 2.30. The molecule has 3 rings (SSSR count). The average molecular weight is 436 g/mol. The van der Waals surface area contributed by atoms with Gasteiger partial charge >= 0.3 is 0 Å². The standard InChI is InChI=1S/C22H26FN3OS.ClH/c1-3-25(4-2)15-16-26(20(27)14-13-17-9-6-5-7-10-17)22-24-21-18(23)11-8-12-19(21)28-22;/h5-12H,3-4,13-16H2,1-2H3;1H. The minimum Gasteiger partial charge on any atom is -0.302 e. The Kier molecular flexibility index (Phi) is 9.01. The van der Waals surface area contributed by atoms with Crippen molar-refractivity contribution >= 4 is 45.0 Å². The first-order valence-electron chi connectivity index (χ1n) is 9.74. The molecule has 0 saturated carbocycles. The van der Waals surface area contributed by atoms with Crippen LogP contribution in [0.3, 0.4) is 0 Å². The van der Waals surface area contributed by atoms with Crippen molar-refractivity contribution in [1.29, 1.82) is 0 Å². The minimum atomic E-state index is -0.347. The largest absolute Gasteiger partial charge is 0.302 e. The van der Waals surface area contributed by atoms with E-state index >= 15 is 0 Å². The van der Waals surface area contributed by atoms with Gasteiger partial charge in [-0.1, -0.05) is 61.6 Å². The molecule has 7 heteroatoms. The fourth-order valence-electron chi connectivity index (χ4n) is 3.16. The second-order valence-corrected chi connectivity index (χ2v) is 7.65. The topological polar surface area (TPSA) is 36.4 Å². The van der Waals surface area contributed by atoms with Crippen LogP contribution in [0.5, 0.6) is 0 Å². The molecular weight excluding hydrogens is 409 g/mol. The van der Waals surface area contributed by atoms with Gasteiger partial charge in [-0.15, -0.1) is 12.4 Å². The third-order valence-corrected chi connectivity index (χ3v) is 5.94. The van der Waals surface area contributed by atoms with Gasteiger partial charge in [-0.05, 0) is 37.2 Å². The third-order valence-electron chi connectivity index (χ3n) is 4.90. The molecule has 0 aliphatic heterocycles. The number of aryl methyl sites for hydroxylation is 1. The Hall–Kier alpha value is -2.02. The predicted molar refractivity (Wildman–Crippen MR) is 122 cm³/mol. The second kappa shape index (κ2) is 11.2. The fourth-order valence-corrected chi connectivity index (χ4v) is 4.18. The number of anilines is 1. The van der Waals surface area contributed by atoms with Crippen LogP contribution in [0.1, 0.15) is 25.8 Å². The van der Waals surface area contributed by atoms with Crippen LogP contribution in [0.2, 0.25) is 0 Å². The molecule has 0 fully saturated rings. The second-order valence-electron chi connectivity index (χ2n) is 6.64. The van der Waals surface area contributed by atoms with Gasteiger partial charge in [0.2, 0.25) is 5.91 Å². The summed E-state index contributed by atoms with van der Waals surface area (Å²) in [6.45, 7) is 7.39. The summed E-state index contributed by atoms with van der Waals surface area (Å²) in [5, 5.41) is 0.574. The fraction of sp³-hybridized carbons (Fsp3) is 0.364. The smallest absolute Gasteiger partial charge is 0.229 e. The number of carbonyl (C=O) groups excluding carboxylic acids is 1. The molecule has 0 atom stereocenters. The van der Waals surface area contributed by atoms with Crippen molar-refractivity contribution in [2.45, 2.75) is 26.7 Å². The zero-order valence-electron chi connectivity index (χ0n) is 16.8. The Bertz CT molecular complexity index is 915. The number of fused-ring (bicyclic) bond motifs is 1. The Morgan fingerprint density at radius 1 is 1.03 bits per heavy atom. The Balaban J connectivity index is 0.00000300. The summed E-state index contributed by atoms with van der Waals surface area (Å²) in [5.41, 5.74) is 1.47. The van der Waals surface area contributed by atoms with E-state index in [-0.39, 0.29) is 24.1 Å². The Labute approximate surface area is 181 Å². The number of amides is 1. The first-order valence-corrected chi connectivity index (χ1v) is 10.6. The maximum absolute atomic E-state index is 14.1. The van der Waals surface area contributed by atoms with Gasteiger partial charge in [-0.2, -0.15) is 0 Å². The van der Waals surface area contributed by atoms with Gasteiger partial charge in [0, 0.05) is 19.5 Å². The van der Waals surface area contributed by atoms with Gasteiger partial charge < -0.3 is 4.90 Å². The molecule has 0 aliphatic rings. The molecular formula is C22H27ClFN3OS. The van der Waals surface area contributed by atoms with E-state index in [0.717, 1.165) is 29.9 Å². The van der Waals surface area contributed by atoms with E-state index in [9.17, 15) is 9.18 Å². The summed E-state index contributed by atoms with van der Waals surface area (Å²) in [6.07, 6.45) is 1.08. The highest BCUT2D eigenvalue weighted by Gasteiger charge is 2.21. The summed E-state index contributed by atoms with van der Waals surface area (Å²) < 4.78 is 14.9. The van der Waals surface area contributed by atoms with Crippen molar-refractivity contribution in [3.63, 3.8) is 0 Å². The molecule has 0 saturated heterocycles. The number of thiazole rings is 1. The number of aromatic nitrogens is 1. The van der Waals surface area contributed by atoms with E-state index in [4.69, 9.17) is 0 Å². The number of nitrogens with zero attached hydrogens (tertiary/aromatic N) is 3. The normalized spacial score (nSPS) is 10.9. The van der Waals surface area contributed by atoms with Crippen LogP contribution in [0.15, 0.2) is 48.5 Å². The van der Waals surface area contributed by atoms with Crippen molar-refractivity contribution in [2.75, 3.05) is 31.1 Å².